The zero-order valence-corrected chi connectivity index (χ0v) is 11.2. The molecule has 0 fully saturated rings. The van der Waals surface area contributed by atoms with Crippen molar-refractivity contribution in [2.24, 2.45) is 0 Å². The van der Waals surface area contributed by atoms with Crippen molar-refractivity contribution in [3.8, 4) is 0 Å². The van der Waals surface area contributed by atoms with Gasteiger partial charge in [0.05, 0.1) is 12.1 Å². The van der Waals surface area contributed by atoms with Crippen molar-refractivity contribution in [2.45, 2.75) is 33.2 Å². The van der Waals surface area contributed by atoms with Crippen LogP contribution in [-0.4, -0.2) is 45.8 Å². The molecule has 1 heterocycles. The van der Waals surface area contributed by atoms with E-state index in [1.165, 1.54) is 4.90 Å². The maximum absolute atomic E-state index is 11.5. The molecule has 0 spiro atoms. The van der Waals surface area contributed by atoms with Gasteiger partial charge in [-0.25, -0.2) is 0 Å². The minimum atomic E-state index is -0.870. The highest BCUT2D eigenvalue weighted by atomic mass is 16.4. The third kappa shape index (κ3) is 3.32. The molecular formula is C12H19N3O3. The van der Waals surface area contributed by atoms with Crippen molar-refractivity contribution < 1.29 is 14.7 Å². The number of carbonyl (C=O) groups is 2. The van der Waals surface area contributed by atoms with Gasteiger partial charge in [0.1, 0.15) is 0 Å². The van der Waals surface area contributed by atoms with E-state index < -0.39 is 5.97 Å². The van der Waals surface area contributed by atoms with Crippen LogP contribution in [0.15, 0.2) is 0 Å². The van der Waals surface area contributed by atoms with E-state index in [4.69, 9.17) is 5.11 Å². The van der Waals surface area contributed by atoms with E-state index in [9.17, 15) is 9.59 Å². The van der Waals surface area contributed by atoms with E-state index >= 15 is 0 Å². The topological polar surface area (TPSA) is 75.4 Å². The summed E-state index contributed by atoms with van der Waals surface area (Å²) < 4.78 is 1.70. The van der Waals surface area contributed by atoms with Crippen LogP contribution in [0.3, 0.4) is 0 Å². The van der Waals surface area contributed by atoms with Gasteiger partial charge in [-0.05, 0) is 13.8 Å². The minimum Gasteiger partial charge on any atom is -0.481 e. The van der Waals surface area contributed by atoms with Crippen molar-refractivity contribution in [2.75, 3.05) is 14.1 Å². The van der Waals surface area contributed by atoms with Gasteiger partial charge in [-0.1, -0.05) is 0 Å². The summed E-state index contributed by atoms with van der Waals surface area (Å²) in [6.45, 7) is 4.09. The molecule has 1 aromatic rings. The first-order chi connectivity index (χ1) is 8.32. The second kappa shape index (κ2) is 5.66. The first-order valence-corrected chi connectivity index (χ1v) is 5.77. The molecular weight excluding hydrogens is 234 g/mol. The number of rotatable bonds is 5. The predicted molar refractivity (Wildman–Crippen MR) is 66.4 cm³/mol. The lowest BCUT2D eigenvalue weighted by Crippen LogP contribution is -2.23. The second-order valence-electron chi connectivity index (χ2n) is 4.48. The number of amides is 1. The highest BCUT2D eigenvalue weighted by molar-refractivity contribution is 5.75. The van der Waals surface area contributed by atoms with E-state index in [2.05, 4.69) is 5.10 Å². The number of hydrogen-bond donors (Lipinski definition) is 1. The highest BCUT2D eigenvalue weighted by Gasteiger charge is 2.15. The van der Waals surface area contributed by atoms with Crippen LogP contribution in [0.1, 0.15) is 23.4 Å². The minimum absolute atomic E-state index is 0.0285. The molecule has 0 saturated heterocycles. The molecule has 0 unspecified atom stereocenters. The average molecular weight is 253 g/mol. The van der Waals surface area contributed by atoms with Crippen molar-refractivity contribution in [1.29, 1.82) is 0 Å². The predicted octanol–water partition coefficient (Wildman–Crippen LogP) is 0.605. The molecule has 0 aliphatic carbocycles. The normalized spacial score (nSPS) is 10.4. The number of carbonyl (C=O) groups excluding carboxylic acids is 1. The SMILES string of the molecule is Cc1nn(CCC(=O)N(C)C)c(C)c1CC(=O)O. The van der Waals surface area contributed by atoms with Crippen LogP contribution in [-0.2, 0) is 22.6 Å². The highest BCUT2D eigenvalue weighted by Crippen LogP contribution is 2.14. The summed E-state index contributed by atoms with van der Waals surface area (Å²) in [6, 6.07) is 0. The Hall–Kier alpha value is -1.85. The van der Waals surface area contributed by atoms with Crippen molar-refractivity contribution in [1.82, 2.24) is 14.7 Å². The average Bonchev–Trinajstić information content (AvgIpc) is 2.53. The lowest BCUT2D eigenvalue weighted by Gasteiger charge is -2.10. The lowest BCUT2D eigenvalue weighted by molar-refractivity contribution is -0.136. The molecule has 0 bridgehead atoms. The van der Waals surface area contributed by atoms with Crippen molar-refractivity contribution >= 4 is 11.9 Å². The van der Waals surface area contributed by atoms with Gasteiger partial charge < -0.3 is 10.0 Å². The summed E-state index contributed by atoms with van der Waals surface area (Å²) in [5.74, 6) is -0.840. The first-order valence-electron chi connectivity index (χ1n) is 5.77. The summed E-state index contributed by atoms with van der Waals surface area (Å²) in [5, 5.41) is 13.1. The quantitative estimate of drug-likeness (QED) is 0.834. The van der Waals surface area contributed by atoms with Crippen LogP contribution in [0, 0.1) is 13.8 Å². The number of hydrogen-bond acceptors (Lipinski definition) is 3. The fraction of sp³-hybridized carbons (Fsp3) is 0.583. The van der Waals surface area contributed by atoms with Crippen molar-refractivity contribution in [3.63, 3.8) is 0 Å². The molecule has 0 atom stereocenters. The lowest BCUT2D eigenvalue weighted by atomic mass is 10.1. The molecule has 0 aromatic carbocycles. The Labute approximate surface area is 106 Å². The molecule has 1 aromatic heterocycles. The number of aryl methyl sites for hydroxylation is 2. The molecule has 6 nitrogen and oxygen atoms in total. The maximum Gasteiger partial charge on any atom is 0.307 e. The van der Waals surface area contributed by atoms with Gasteiger partial charge in [0.25, 0.3) is 0 Å². The summed E-state index contributed by atoms with van der Waals surface area (Å²) in [5.41, 5.74) is 2.27. The van der Waals surface area contributed by atoms with Gasteiger partial charge in [-0.15, -0.1) is 0 Å². The maximum atomic E-state index is 11.5. The number of carboxylic acids is 1. The monoisotopic (exact) mass is 253 g/mol. The van der Waals surface area contributed by atoms with Gasteiger partial charge in [0, 0.05) is 38.3 Å². The van der Waals surface area contributed by atoms with Gasteiger partial charge in [0.15, 0.2) is 0 Å². The van der Waals surface area contributed by atoms with Crippen LogP contribution in [0.4, 0.5) is 0 Å². The zero-order valence-electron chi connectivity index (χ0n) is 11.2. The smallest absolute Gasteiger partial charge is 0.307 e. The molecule has 1 rings (SSSR count). The Balaban J connectivity index is 2.79. The van der Waals surface area contributed by atoms with Crippen LogP contribution in [0.25, 0.3) is 0 Å². The summed E-state index contributed by atoms with van der Waals surface area (Å²) >= 11 is 0. The fourth-order valence-corrected chi connectivity index (χ4v) is 1.78. The molecule has 0 aliphatic rings. The Kier molecular flexibility index (Phi) is 4.47. The number of nitrogens with zero attached hydrogens (tertiary/aromatic N) is 3. The first kappa shape index (κ1) is 14.2. The Morgan fingerprint density at radius 3 is 2.44 bits per heavy atom. The van der Waals surface area contributed by atoms with Gasteiger partial charge in [0.2, 0.25) is 5.91 Å². The zero-order chi connectivity index (χ0) is 13.9. The van der Waals surface area contributed by atoms with Gasteiger partial charge in [-0.3, -0.25) is 14.3 Å². The van der Waals surface area contributed by atoms with E-state index in [1.54, 1.807) is 25.7 Å². The third-order valence-corrected chi connectivity index (χ3v) is 2.90. The molecule has 0 aliphatic heterocycles. The van der Waals surface area contributed by atoms with Gasteiger partial charge >= 0.3 is 5.97 Å². The van der Waals surface area contributed by atoms with Crippen LogP contribution in [0.5, 0.6) is 0 Å². The van der Waals surface area contributed by atoms with Crippen LogP contribution < -0.4 is 0 Å². The van der Waals surface area contributed by atoms with E-state index in [0.717, 1.165) is 11.3 Å². The number of aliphatic carboxylic acids is 1. The Morgan fingerprint density at radius 1 is 1.33 bits per heavy atom. The van der Waals surface area contributed by atoms with Gasteiger partial charge in [-0.2, -0.15) is 5.10 Å². The molecule has 18 heavy (non-hydrogen) atoms. The summed E-state index contributed by atoms with van der Waals surface area (Å²) in [6.07, 6.45) is 0.334. The van der Waals surface area contributed by atoms with E-state index in [-0.39, 0.29) is 12.3 Å². The number of aromatic nitrogens is 2. The van der Waals surface area contributed by atoms with Crippen LogP contribution in [0.2, 0.25) is 0 Å². The van der Waals surface area contributed by atoms with E-state index in [0.29, 0.717) is 18.7 Å². The Bertz CT molecular complexity index is 463. The van der Waals surface area contributed by atoms with Crippen LogP contribution >= 0.6 is 0 Å². The van der Waals surface area contributed by atoms with E-state index in [1.807, 2.05) is 6.92 Å². The molecule has 1 N–H and O–H groups in total. The third-order valence-electron chi connectivity index (χ3n) is 2.90. The fourth-order valence-electron chi connectivity index (χ4n) is 1.78. The Morgan fingerprint density at radius 2 is 1.94 bits per heavy atom. The molecule has 0 radical (unpaired) electrons. The summed E-state index contributed by atoms with van der Waals surface area (Å²) in [4.78, 5) is 23.8. The standard InChI is InChI=1S/C12H19N3O3/c1-8-10(7-12(17)18)9(2)15(13-8)6-5-11(16)14(3)4/h5-7H2,1-4H3,(H,17,18). The molecule has 6 heteroatoms. The molecule has 0 saturated carbocycles. The summed E-state index contributed by atoms with van der Waals surface area (Å²) in [7, 11) is 3.42. The molecule has 1 amide bonds. The largest absolute Gasteiger partial charge is 0.481 e. The number of carboxylic acid groups (broad SMARTS) is 1. The second-order valence-corrected chi connectivity index (χ2v) is 4.48. The molecule has 100 valence electrons. The van der Waals surface area contributed by atoms with Crippen molar-refractivity contribution in [3.05, 3.63) is 17.0 Å².